The van der Waals surface area contributed by atoms with E-state index in [0.717, 1.165) is 24.8 Å². The molecule has 1 N–H and O–H groups in total. The normalized spacial score (nSPS) is 21.7. The van der Waals surface area contributed by atoms with Gasteiger partial charge < -0.3 is 5.11 Å². The van der Waals surface area contributed by atoms with Gasteiger partial charge in [0.2, 0.25) is 0 Å². The Morgan fingerprint density at radius 3 is 2.86 bits per heavy atom. The summed E-state index contributed by atoms with van der Waals surface area (Å²) in [7, 11) is 0. The lowest BCUT2D eigenvalue weighted by molar-refractivity contribution is 0.104. The predicted molar refractivity (Wildman–Crippen MR) is 82.9 cm³/mol. The van der Waals surface area contributed by atoms with Gasteiger partial charge in [0.05, 0.1) is 6.10 Å². The van der Waals surface area contributed by atoms with E-state index in [-0.39, 0.29) is 11.7 Å². The topological polar surface area (TPSA) is 20.2 Å². The number of fused-ring (bicyclic) bond motifs is 1. The molecule has 0 aromatic heterocycles. The molecule has 110 valence electrons. The molecule has 0 fully saturated rings. The molecule has 3 heteroatoms. The van der Waals surface area contributed by atoms with E-state index < -0.39 is 6.10 Å². The van der Waals surface area contributed by atoms with Crippen LogP contribution in [0, 0.1) is 11.7 Å². The molecule has 3 rings (SSSR count). The summed E-state index contributed by atoms with van der Waals surface area (Å²) >= 11 is 5.96. The molecule has 0 saturated heterocycles. The second-order valence-electron chi connectivity index (χ2n) is 5.74. The van der Waals surface area contributed by atoms with Crippen LogP contribution in [0.4, 0.5) is 4.39 Å². The summed E-state index contributed by atoms with van der Waals surface area (Å²) in [5.74, 6) is -0.217. The number of aliphatic hydroxyl groups excluding tert-OH is 1. The highest BCUT2D eigenvalue weighted by Crippen LogP contribution is 2.35. The van der Waals surface area contributed by atoms with Crippen molar-refractivity contribution in [3.63, 3.8) is 0 Å². The number of aliphatic hydroxyl groups is 1. The minimum absolute atomic E-state index is 0.0293. The molecule has 2 aromatic carbocycles. The third-order valence-electron chi connectivity index (χ3n) is 4.33. The summed E-state index contributed by atoms with van der Waals surface area (Å²) in [6, 6.07) is 12.6. The Morgan fingerprint density at radius 2 is 2.00 bits per heavy atom. The van der Waals surface area contributed by atoms with Crippen LogP contribution < -0.4 is 0 Å². The van der Waals surface area contributed by atoms with E-state index in [4.69, 9.17) is 11.6 Å². The first-order valence-corrected chi connectivity index (χ1v) is 7.73. The van der Waals surface area contributed by atoms with E-state index in [1.54, 1.807) is 12.1 Å². The highest BCUT2D eigenvalue weighted by molar-refractivity contribution is 6.30. The van der Waals surface area contributed by atoms with Crippen molar-refractivity contribution in [3.8, 4) is 0 Å². The minimum atomic E-state index is -0.540. The Labute approximate surface area is 129 Å². The first-order chi connectivity index (χ1) is 10.1. The molecule has 21 heavy (non-hydrogen) atoms. The highest BCUT2D eigenvalue weighted by Gasteiger charge is 2.26. The van der Waals surface area contributed by atoms with E-state index in [1.807, 2.05) is 18.2 Å². The average Bonchev–Trinajstić information content (AvgIpc) is 2.64. The Balaban J connectivity index is 1.87. The van der Waals surface area contributed by atoms with Crippen molar-refractivity contribution in [1.29, 1.82) is 0 Å². The zero-order chi connectivity index (χ0) is 14.8. The van der Waals surface area contributed by atoms with E-state index in [2.05, 4.69) is 6.07 Å². The van der Waals surface area contributed by atoms with Gasteiger partial charge in [-0.1, -0.05) is 35.9 Å². The molecule has 0 bridgehead atoms. The first-order valence-electron chi connectivity index (χ1n) is 7.35. The molecule has 0 heterocycles. The van der Waals surface area contributed by atoms with Crippen LogP contribution in [-0.4, -0.2) is 5.11 Å². The Bertz CT molecular complexity index is 641. The highest BCUT2D eigenvalue weighted by atomic mass is 35.5. The molecule has 1 aliphatic rings. The zero-order valence-corrected chi connectivity index (χ0v) is 12.5. The lowest BCUT2D eigenvalue weighted by Crippen LogP contribution is -2.15. The molecular formula is C18H18ClFO. The quantitative estimate of drug-likeness (QED) is 0.797. The maximum absolute atomic E-state index is 13.9. The molecule has 1 aliphatic carbocycles. The standard InChI is InChI=1S/C18H18ClFO/c19-15-8-9-17(20)14(11-15)10-13-6-3-5-12-4-1-2-7-16(12)18(13)21/h1-2,4,7-9,11,13,18,21H,3,5-6,10H2. The van der Waals surface area contributed by atoms with Crippen molar-refractivity contribution in [1.82, 2.24) is 0 Å². The minimum Gasteiger partial charge on any atom is -0.388 e. The third-order valence-corrected chi connectivity index (χ3v) is 4.57. The Hall–Kier alpha value is -1.38. The molecular weight excluding hydrogens is 287 g/mol. The van der Waals surface area contributed by atoms with Gasteiger partial charge >= 0.3 is 0 Å². The molecule has 0 saturated carbocycles. The Kier molecular flexibility index (Phi) is 4.27. The summed E-state index contributed by atoms with van der Waals surface area (Å²) in [6.45, 7) is 0. The lowest BCUT2D eigenvalue weighted by Gasteiger charge is -2.22. The monoisotopic (exact) mass is 304 g/mol. The van der Waals surface area contributed by atoms with Crippen LogP contribution in [0.15, 0.2) is 42.5 Å². The SMILES string of the molecule is OC1c2ccccc2CCCC1Cc1cc(Cl)ccc1F. The molecule has 2 aromatic rings. The van der Waals surface area contributed by atoms with Crippen LogP contribution in [0.2, 0.25) is 5.02 Å². The summed E-state index contributed by atoms with van der Waals surface area (Å²) in [5.41, 5.74) is 2.78. The fourth-order valence-corrected chi connectivity index (χ4v) is 3.41. The van der Waals surface area contributed by atoms with E-state index in [1.165, 1.54) is 11.6 Å². The summed E-state index contributed by atoms with van der Waals surface area (Å²) in [4.78, 5) is 0. The molecule has 1 nitrogen and oxygen atoms in total. The van der Waals surface area contributed by atoms with Gasteiger partial charge in [0.1, 0.15) is 5.82 Å². The molecule has 2 atom stereocenters. The van der Waals surface area contributed by atoms with E-state index in [0.29, 0.717) is 17.0 Å². The molecule has 2 unspecified atom stereocenters. The largest absolute Gasteiger partial charge is 0.388 e. The van der Waals surface area contributed by atoms with Crippen molar-refractivity contribution in [3.05, 3.63) is 70.0 Å². The van der Waals surface area contributed by atoms with Gasteiger partial charge in [-0.05, 0) is 66.5 Å². The van der Waals surface area contributed by atoms with Gasteiger partial charge in [0.15, 0.2) is 0 Å². The molecule has 0 spiro atoms. The number of benzene rings is 2. The number of hydrogen-bond donors (Lipinski definition) is 1. The van der Waals surface area contributed by atoms with Crippen molar-refractivity contribution >= 4 is 11.6 Å². The number of hydrogen-bond acceptors (Lipinski definition) is 1. The average molecular weight is 305 g/mol. The second kappa shape index (κ2) is 6.17. The third kappa shape index (κ3) is 3.12. The van der Waals surface area contributed by atoms with Gasteiger partial charge in [-0.3, -0.25) is 0 Å². The van der Waals surface area contributed by atoms with Crippen LogP contribution in [0.25, 0.3) is 0 Å². The van der Waals surface area contributed by atoms with Gasteiger partial charge in [-0.25, -0.2) is 4.39 Å². The van der Waals surface area contributed by atoms with Gasteiger partial charge in [-0.2, -0.15) is 0 Å². The smallest absolute Gasteiger partial charge is 0.126 e. The van der Waals surface area contributed by atoms with Gasteiger partial charge in [0.25, 0.3) is 0 Å². The van der Waals surface area contributed by atoms with E-state index >= 15 is 0 Å². The summed E-state index contributed by atoms with van der Waals surface area (Å²) < 4.78 is 13.9. The molecule has 0 radical (unpaired) electrons. The van der Waals surface area contributed by atoms with Crippen LogP contribution in [0.5, 0.6) is 0 Å². The predicted octanol–water partition coefficient (Wildman–Crippen LogP) is 4.71. The summed E-state index contributed by atoms with van der Waals surface area (Å²) in [5, 5.41) is 11.2. The fraction of sp³-hybridized carbons (Fsp3) is 0.333. The van der Waals surface area contributed by atoms with Crippen LogP contribution >= 0.6 is 11.6 Å². The maximum Gasteiger partial charge on any atom is 0.126 e. The van der Waals surface area contributed by atoms with Crippen molar-refractivity contribution in [2.75, 3.05) is 0 Å². The lowest BCUT2D eigenvalue weighted by atomic mass is 9.88. The van der Waals surface area contributed by atoms with Crippen molar-refractivity contribution in [2.45, 2.75) is 31.8 Å². The van der Waals surface area contributed by atoms with Gasteiger partial charge in [0, 0.05) is 5.02 Å². The van der Waals surface area contributed by atoms with Crippen LogP contribution in [-0.2, 0) is 12.8 Å². The summed E-state index contributed by atoms with van der Waals surface area (Å²) in [6.07, 6.45) is 2.86. The maximum atomic E-state index is 13.9. The molecule has 0 aliphatic heterocycles. The number of aryl methyl sites for hydroxylation is 1. The first kappa shape index (κ1) is 14.6. The van der Waals surface area contributed by atoms with E-state index in [9.17, 15) is 9.50 Å². The Morgan fingerprint density at radius 1 is 1.19 bits per heavy atom. The number of rotatable bonds is 2. The van der Waals surface area contributed by atoms with Crippen molar-refractivity contribution in [2.24, 2.45) is 5.92 Å². The number of halogens is 2. The second-order valence-corrected chi connectivity index (χ2v) is 6.17. The van der Waals surface area contributed by atoms with Crippen LogP contribution in [0.1, 0.15) is 35.6 Å². The van der Waals surface area contributed by atoms with Gasteiger partial charge in [-0.15, -0.1) is 0 Å². The zero-order valence-electron chi connectivity index (χ0n) is 11.7. The fourth-order valence-electron chi connectivity index (χ4n) is 3.21. The van der Waals surface area contributed by atoms with Crippen LogP contribution in [0.3, 0.4) is 0 Å². The van der Waals surface area contributed by atoms with Crippen molar-refractivity contribution < 1.29 is 9.50 Å². The molecule has 0 amide bonds.